The molecule has 0 radical (unpaired) electrons. The Balaban J connectivity index is 1.38. The van der Waals surface area contributed by atoms with Crippen molar-refractivity contribution in [3.8, 4) is 17.3 Å². The van der Waals surface area contributed by atoms with Gasteiger partial charge in [0.15, 0.2) is 11.4 Å². The largest absolute Gasteiger partial charge is 0.486 e. The number of ether oxygens (including phenoxy) is 2. The lowest BCUT2D eigenvalue weighted by Crippen LogP contribution is -2.10. The van der Waals surface area contributed by atoms with Crippen LogP contribution in [0, 0.1) is 6.92 Å². The van der Waals surface area contributed by atoms with E-state index in [0.29, 0.717) is 39.3 Å². The van der Waals surface area contributed by atoms with E-state index < -0.39 is 0 Å². The number of carbonyl (C=O) groups excluding carboxylic acids is 1. The minimum atomic E-state index is -0.387. The van der Waals surface area contributed by atoms with E-state index in [2.05, 4.69) is 48.0 Å². The molecule has 4 heterocycles. The van der Waals surface area contributed by atoms with E-state index in [1.807, 2.05) is 31.2 Å². The van der Waals surface area contributed by atoms with Gasteiger partial charge >= 0.3 is 5.97 Å². The van der Waals surface area contributed by atoms with E-state index in [9.17, 15) is 4.79 Å². The number of nitrogens with zero attached hydrogens (tertiary/aromatic N) is 4. The molecule has 0 saturated heterocycles. The molecule has 5 rings (SSSR count). The summed E-state index contributed by atoms with van der Waals surface area (Å²) in [4.78, 5) is 22.4. The van der Waals surface area contributed by atoms with Crippen molar-refractivity contribution in [3.63, 3.8) is 0 Å². The van der Waals surface area contributed by atoms with Crippen molar-refractivity contribution >= 4 is 33.2 Å². The van der Waals surface area contributed by atoms with Crippen molar-refractivity contribution in [1.29, 1.82) is 0 Å². The first-order valence-corrected chi connectivity index (χ1v) is 11.6. The number of hydrogen-bond donors (Lipinski definition) is 0. The standard InChI is InChI=1S/C25H24N4O4S/c1-14-19-22-27-21(28-29(22)13-26-23(19)34-20(14)24(30)31-5)18-11-10-17(33-18)12-32-16-8-6-15(7-9-16)25(2,3)4/h6-11,13H,12H2,1-5H3. The molecule has 0 amide bonds. The predicted octanol–water partition coefficient (Wildman–Crippen LogP) is 5.57. The maximum atomic E-state index is 12.1. The van der Waals surface area contributed by atoms with Crippen molar-refractivity contribution in [2.75, 3.05) is 7.11 Å². The fraction of sp³-hybridized carbons (Fsp3) is 0.280. The molecule has 8 nitrogen and oxygen atoms in total. The molecule has 1 aromatic carbocycles. The summed E-state index contributed by atoms with van der Waals surface area (Å²) in [5.74, 6) is 2.01. The minimum Gasteiger partial charge on any atom is -0.486 e. The van der Waals surface area contributed by atoms with Gasteiger partial charge in [0.2, 0.25) is 5.82 Å². The van der Waals surface area contributed by atoms with Crippen LogP contribution in [-0.4, -0.2) is 32.7 Å². The lowest BCUT2D eigenvalue weighted by atomic mass is 9.87. The van der Waals surface area contributed by atoms with Gasteiger partial charge in [0, 0.05) is 0 Å². The summed E-state index contributed by atoms with van der Waals surface area (Å²) in [6.07, 6.45) is 1.58. The van der Waals surface area contributed by atoms with Crippen LogP contribution in [0.3, 0.4) is 0 Å². The van der Waals surface area contributed by atoms with Crippen molar-refractivity contribution in [2.45, 2.75) is 39.7 Å². The molecule has 0 unspecified atom stereocenters. The topological polar surface area (TPSA) is 91.8 Å². The number of benzene rings is 1. The van der Waals surface area contributed by atoms with Crippen LogP contribution < -0.4 is 4.74 Å². The molecule has 4 aromatic heterocycles. The zero-order valence-electron chi connectivity index (χ0n) is 19.6. The maximum Gasteiger partial charge on any atom is 0.348 e. The molecule has 0 bridgehead atoms. The molecule has 0 aliphatic rings. The third-order valence-electron chi connectivity index (χ3n) is 5.62. The van der Waals surface area contributed by atoms with Crippen LogP contribution in [0.5, 0.6) is 5.75 Å². The van der Waals surface area contributed by atoms with Crippen LogP contribution in [0.2, 0.25) is 0 Å². The van der Waals surface area contributed by atoms with Gasteiger partial charge in [-0.1, -0.05) is 32.9 Å². The SMILES string of the molecule is COC(=O)c1sc2ncn3nc(-c4ccc(COc5ccc(C(C)(C)C)cc5)o4)nc3c2c1C. The minimum absolute atomic E-state index is 0.0963. The molecule has 0 fully saturated rings. The second-order valence-corrected chi connectivity index (χ2v) is 10.0. The smallest absolute Gasteiger partial charge is 0.348 e. The molecule has 0 N–H and O–H groups in total. The van der Waals surface area contributed by atoms with Gasteiger partial charge in [-0.15, -0.1) is 16.4 Å². The summed E-state index contributed by atoms with van der Waals surface area (Å²) < 4.78 is 18.3. The summed E-state index contributed by atoms with van der Waals surface area (Å²) in [5, 5.41) is 5.29. The van der Waals surface area contributed by atoms with Crippen molar-refractivity contribution < 1.29 is 18.7 Å². The van der Waals surface area contributed by atoms with E-state index in [-0.39, 0.29) is 11.4 Å². The second kappa shape index (κ2) is 8.25. The van der Waals surface area contributed by atoms with Crippen LogP contribution in [0.15, 0.2) is 47.1 Å². The van der Waals surface area contributed by atoms with Crippen LogP contribution in [0.4, 0.5) is 0 Å². The van der Waals surface area contributed by atoms with Gasteiger partial charge in [-0.2, -0.15) is 0 Å². The Morgan fingerprint density at radius 1 is 1.15 bits per heavy atom. The zero-order valence-corrected chi connectivity index (χ0v) is 20.4. The number of methoxy groups -OCH3 is 1. The predicted molar refractivity (Wildman–Crippen MR) is 129 cm³/mol. The number of esters is 1. The molecule has 0 spiro atoms. The Hall–Kier alpha value is -3.72. The number of thiophene rings is 1. The van der Waals surface area contributed by atoms with Crippen LogP contribution in [-0.2, 0) is 16.8 Å². The molecule has 174 valence electrons. The van der Waals surface area contributed by atoms with Crippen LogP contribution >= 0.6 is 11.3 Å². The zero-order chi connectivity index (χ0) is 24.0. The van der Waals surface area contributed by atoms with E-state index in [4.69, 9.17) is 13.9 Å². The van der Waals surface area contributed by atoms with Gasteiger partial charge in [-0.05, 0) is 47.7 Å². The average Bonchev–Trinajstić information content (AvgIpc) is 3.53. The highest BCUT2D eigenvalue weighted by molar-refractivity contribution is 7.20. The summed E-state index contributed by atoms with van der Waals surface area (Å²) in [6.45, 7) is 8.69. The lowest BCUT2D eigenvalue weighted by Gasteiger charge is -2.19. The van der Waals surface area contributed by atoms with E-state index in [0.717, 1.165) is 16.7 Å². The third kappa shape index (κ3) is 3.92. The maximum absolute atomic E-state index is 12.1. The Morgan fingerprint density at radius 2 is 1.91 bits per heavy atom. The number of aryl methyl sites for hydroxylation is 1. The molecular weight excluding hydrogens is 452 g/mol. The average molecular weight is 477 g/mol. The van der Waals surface area contributed by atoms with Crippen molar-refractivity contribution in [3.05, 3.63) is 64.5 Å². The molecule has 0 aliphatic heterocycles. The van der Waals surface area contributed by atoms with Gasteiger partial charge < -0.3 is 13.9 Å². The first kappa shape index (κ1) is 22.1. The molecule has 0 saturated carbocycles. The van der Waals surface area contributed by atoms with Gasteiger partial charge in [0.25, 0.3) is 0 Å². The first-order valence-electron chi connectivity index (χ1n) is 10.8. The van der Waals surface area contributed by atoms with E-state index >= 15 is 0 Å². The Bertz CT molecular complexity index is 1510. The summed E-state index contributed by atoms with van der Waals surface area (Å²) in [6, 6.07) is 11.8. The Kier molecular flexibility index (Phi) is 5.36. The highest BCUT2D eigenvalue weighted by Gasteiger charge is 2.21. The molecule has 9 heteroatoms. The van der Waals surface area contributed by atoms with E-state index in [1.165, 1.54) is 24.0 Å². The monoisotopic (exact) mass is 476 g/mol. The summed E-state index contributed by atoms with van der Waals surface area (Å²) in [5.41, 5.74) is 2.73. The number of furan rings is 1. The Morgan fingerprint density at radius 3 is 2.62 bits per heavy atom. The highest BCUT2D eigenvalue weighted by Crippen LogP contribution is 2.33. The number of fused-ring (bicyclic) bond motifs is 3. The van der Waals surface area contributed by atoms with Crippen LogP contribution in [0.25, 0.3) is 27.4 Å². The van der Waals surface area contributed by atoms with Crippen molar-refractivity contribution in [1.82, 2.24) is 19.6 Å². The third-order valence-corrected chi connectivity index (χ3v) is 6.80. The lowest BCUT2D eigenvalue weighted by molar-refractivity contribution is 0.0605. The second-order valence-electron chi connectivity index (χ2n) is 9.01. The number of hydrogen-bond acceptors (Lipinski definition) is 8. The Labute approximate surface area is 200 Å². The first-order chi connectivity index (χ1) is 16.2. The molecular formula is C25H24N4O4S. The van der Waals surface area contributed by atoms with Crippen molar-refractivity contribution in [2.24, 2.45) is 0 Å². The molecule has 0 atom stereocenters. The summed E-state index contributed by atoms with van der Waals surface area (Å²) >= 11 is 1.28. The highest BCUT2D eigenvalue weighted by atomic mass is 32.1. The fourth-order valence-electron chi connectivity index (χ4n) is 3.71. The van der Waals surface area contributed by atoms with Gasteiger partial charge in [-0.3, -0.25) is 0 Å². The van der Waals surface area contributed by atoms with Gasteiger partial charge in [-0.25, -0.2) is 19.3 Å². The number of rotatable bonds is 5. The molecule has 0 aliphatic carbocycles. The molecule has 34 heavy (non-hydrogen) atoms. The normalized spacial score (nSPS) is 11.9. The summed E-state index contributed by atoms with van der Waals surface area (Å²) in [7, 11) is 1.36. The number of aromatic nitrogens is 4. The molecule has 5 aromatic rings. The fourth-order valence-corrected chi connectivity index (χ4v) is 4.77. The van der Waals surface area contributed by atoms with Crippen LogP contribution in [0.1, 0.15) is 47.3 Å². The quantitative estimate of drug-likeness (QED) is 0.306. The number of carbonyl (C=O) groups is 1. The van der Waals surface area contributed by atoms with Gasteiger partial charge in [0.1, 0.15) is 34.2 Å². The van der Waals surface area contributed by atoms with E-state index in [1.54, 1.807) is 10.8 Å². The van der Waals surface area contributed by atoms with Gasteiger partial charge in [0.05, 0.1) is 12.5 Å².